The molecule has 0 fully saturated rings. The van der Waals surface area contributed by atoms with Gasteiger partial charge in [-0.15, -0.1) is 6.42 Å². The molecule has 0 saturated carbocycles. The summed E-state index contributed by atoms with van der Waals surface area (Å²) in [4.78, 5) is 26.6. The zero-order valence-corrected chi connectivity index (χ0v) is 12.2. The molecular formula is C14H13N3O3S. The number of nitro groups is 1. The summed E-state index contributed by atoms with van der Waals surface area (Å²) in [7, 11) is 0. The first kappa shape index (κ1) is 14.9. The van der Waals surface area contributed by atoms with E-state index < -0.39 is 4.92 Å². The monoisotopic (exact) mass is 303 g/mol. The van der Waals surface area contributed by atoms with Crippen LogP contribution in [0.3, 0.4) is 0 Å². The number of hydrogen-bond acceptors (Lipinski definition) is 4. The van der Waals surface area contributed by atoms with Crippen LogP contribution in [0.25, 0.3) is 10.2 Å². The van der Waals surface area contributed by atoms with Crippen molar-refractivity contribution in [2.75, 3.05) is 0 Å². The van der Waals surface area contributed by atoms with Crippen LogP contribution in [0.1, 0.15) is 19.8 Å². The first-order valence-corrected chi connectivity index (χ1v) is 7.17. The highest BCUT2D eigenvalue weighted by Gasteiger charge is 2.12. The van der Waals surface area contributed by atoms with E-state index in [4.69, 9.17) is 6.42 Å². The fourth-order valence-corrected chi connectivity index (χ4v) is 2.90. The Bertz CT molecular complexity index is 811. The molecule has 6 nitrogen and oxygen atoms in total. The number of terminal acetylenes is 1. The Balaban J connectivity index is 2.66. The first-order valence-electron chi connectivity index (χ1n) is 6.35. The van der Waals surface area contributed by atoms with E-state index in [1.807, 2.05) is 6.92 Å². The number of rotatable bonds is 4. The van der Waals surface area contributed by atoms with E-state index in [2.05, 4.69) is 10.9 Å². The fraction of sp³-hybridized carbons (Fsp3) is 0.286. The number of benzene rings is 1. The van der Waals surface area contributed by atoms with Gasteiger partial charge in [0.25, 0.3) is 5.69 Å². The molecule has 1 aromatic heterocycles. The maximum Gasteiger partial charge on any atom is 0.271 e. The molecule has 1 amide bonds. The number of amides is 1. The molecule has 2 aromatic rings. The molecule has 1 aromatic carbocycles. The second-order valence-electron chi connectivity index (χ2n) is 4.34. The van der Waals surface area contributed by atoms with Crippen LogP contribution in [-0.4, -0.2) is 15.4 Å². The number of hydrogen-bond donors (Lipinski definition) is 0. The normalized spacial score (nSPS) is 11.5. The maximum atomic E-state index is 11.7. The number of carbonyl (C=O) groups is 1. The Hall–Kier alpha value is -2.46. The SMILES string of the molecule is C#CCn1c(=NC(=O)CCC)sc2ccc([N+](=O)[O-])cc21. The lowest BCUT2D eigenvalue weighted by atomic mass is 10.3. The third-order valence-electron chi connectivity index (χ3n) is 2.81. The third-order valence-corrected chi connectivity index (χ3v) is 3.87. The number of nitro benzene ring substituents is 1. The highest BCUT2D eigenvalue weighted by molar-refractivity contribution is 7.16. The average molecular weight is 303 g/mol. The van der Waals surface area contributed by atoms with Crippen LogP contribution in [0.15, 0.2) is 23.2 Å². The van der Waals surface area contributed by atoms with Crippen LogP contribution in [-0.2, 0) is 11.3 Å². The van der Waals surface area contributed by atoms with Crippen LogP contribution in [0.2, 0.25) is 0 Å². The van der Waals surface area contributed by atoms with Crippen LogP contribution in [0.4, 0.5) is 5.69 Å². The standard InChI is InChI=1S/C14H13N3O3S/c1-3-5-13(18)15-14-16(8-4-2)11-9-10(17(19)20)6-7-12(11)21-14/h2,6-7,9H,3,5,8H2,1H3. The van der Waals surface area contributed by atoms with Crippen molar-refractivity contribution in [1.82, 2.24) is 4.57 Å². The predicted molar refractivity (Wildman–Crippen MR) is 80.8 cm³/mol. The van der Waals surface area contributed by atoms with Gasteiger partial charge in [0.1, 0.15) is 0 Å². The molecule has 0 atom stereocenters. The summed E-state index contributed by atoms with van der Waals surface area (Å²) >= 11 is 1.30. The van der Waals surface area contributed by atoms with E-state index >= 15 is 0 Å². The molecule has 0 aliphatic rings. The summed E-state index contributed by atoms with van der Waals surface area (Å²) in [5, 5.41) is 10.9. The minimum Gasteiger partial charge on any atom is -0.304 e. The number of non-ortho nitro benzene ring substituents is 1. The Kier molecular flexibility index (Phi) is 4.50. The zero-order chi connectivity index (χ0) is 15.4. The summed E-state index contributed by atoms with van der Waals surface area (Å²) in [5.41, 5.74) is 0.604. The number of thiazole rings is 1. The average Bonchev–Trinajstić information content (AvgIpc) is 2.76. The molecule has 0 saturated heterocycles. The largest absolute Gasteiger partial charge is 0.304 e. The van der Waals surface area contributed by atoms with E-state index in [1.54, 1.807) is 10.6 Å². The summed E-state index contributed by atoms with van der Waals surface area (Å²) in [5.74, 6) is 2.27. The molecule has 0 radical (unpaired) electrons. The van der Waals surface area contributed by atoms with E-state index in [0.717, 1.165) is 4.70 Å². The van der Waals surface area contributed by atoms with Crippen LogP contribution >= 0.6 is 11.3 Å². The minimum absolute atomic E-state index is 0.0162. The van der Waals surface area contributed by atoms with Crippen molar-refractivity contribution < 1.29 is 9.72 Å². The van der Waals surface area contributed by atoms with Crippen molar-refractivity contribution >= 4 is 33.1 Å². The van der Waals surface area contributed by atoms with Crippen molar-refractivity contribution in [3.63, 3.8) is 0 Å². The molecule has 0 bridgehead atoms. The first-order chi connectivity index (χ1) is 10.1. The number of aromatic nitrogens is 1. The molecule has 0 unspecified atom stereocenters. The Labute approximate surface area is 124 Å². The molecule has 1 heterocycles. The predicted octanol–water partition coefficient (Wildman–Crippen LogP) is 2.47. The maximum absolute atomic E-state index is 11.7. The molecule has 0 spiro atoms. The number of nitrogens with zero attached hydrogens (tertiary/aromatic N) is 3. The molecule has 2 rings (SSSR count). The van der Waals surface area contributed by atoms with Gasteiger partial charge in [0.2, 0.25) is 5.91 Å². The summed E-state index contributed by atoms with van der Waals surface area (Å²) < 4.78 is 2.46. The lowest BCUT2D eigenvalue weighted by molar-refractivity contribution is -0.384. The molecular weight excluding hydrogens is 290 g/mol. The van der Waals surface area contributed by atoms with E-state index in [9.17, 15) is 14.9 Å². The van der Waals surface area contributed by atoms with E-state index in [0.29, 0.717) is 23.2 Å². The van der Waals surface area contributed by atoms with Crippen molar-refractivity contribution in [3.8, 4) is 12.3 Å². The smallest absolute Gasteiger partial charge is 0.271 e. The van der Waals surface area contributed by atoms with Gasteiger partial charge in [0.15, 0.2) is 4.80 Å². The van der Waals surface area contributed by atoms with Crippen molar-refractivity contribution in [1.29, 1.82) is 0 Å². The second kappa shape index (κ2) is 6.33. The molecule has 0 N–H and O–H groups in total. The van der Waals surface area contributed by atoms with Gasteiger partial charge in [-0.25, -0.2) is 0 Å². The van der Waals surface area contributed by atoms with Gasteiger partial charge in [-0.2, -0.15) is 4.99 Å². The Morgan fingerprint density at radius 2 is 2.33 bits per heavy atom. The molecule has 7 heteroatoms. The van der Waals surface area contributed by atoms with Gasteiger partial charge in [-0.3, -0.25) is 14.9 Å². The van der Waals surface area contributed by atoms with E-state index in [-0.39, 0.29) is 18.1 Å². The summed E-state index contributed by atoms with van der Waals surface area (Å²) in [6, 6.07) is 4.53. The van der Waals surface area contributed by atoms with Crippen LogP contribution in [0, 0.1) is 22.5 Å². The lowest BCUT2D eigenvalue weighted by Crippen LogP contribution is -2.16. The molecule has 0 aliphatic carbocycles. The van der Waals surface area contributed by atoms with Crippen LogP contribution in [0.5, 0.6) is 0 Å². The van der Waals surface area contributed by atoms with Gasteiger partial charge in [-0.1, -0.05) is 24.2 Å². The number of carbonyl (C=O) groups excluding carboxylic acids is 1. The quantitative estimate of drug-likeness (QED) is 0.494. The summed E-state index contributed by atoms with van der Waals surface area (Å²) in [6.07, 6.45) is 6.42. The van der Waals surface area contributed by atoms with Crippen molar-refractivity contribution in [2.24, 2.45) is 4.99 Å². The van der Waals surface area contributed by atoms with Gasteiger partial charge < -0.3 is 4.57 Å². The highest BCUT2D eigenvalue weighted by atomic mass is 32.1. The third kappa shape index (κ3) is 3.17. The molecule has 21 heavy (non-hydrogen) atoms. The lowest BCUT2D eigenvalue weighted by Gasteiger charge is -1.99. The Morgan fingerprint density at radius 3 is 2.95 bits per heavy atom. The molecule has 108 valence electrons. The van der Waals surface area contributed by atoms with Gasteiger partial charge in [0.05, 0.1) is 21.7 Å². The second-order valence-corrected chi connectivity index (χ2v) is 5.35. The van der Waals surface area contributed by atoms with Gasteiger partial charge in [0, 0.05) is 18.6 Å². The van der Waals surface area contributed by atoms with Gasteiger partial charge >= 0.3 is 0 Å². The Morgan fingerprint density at radius 1 is 1.57 bits per heavy atom. The van der Waals surface area contributed by atoms with Crippen LogP contribution < -0.4 is 4.80 Å². The van der Waals surface area contributed by atoms with Gasteiger partial charge in [-0.05, 0) is 12.5 Å². The highest BCUT2D eigenvalue weighted by Crippen LogP contribution is 2.23. The van der Waals surface area contributed by atoms with E-state index in [1.165, 1.54) is 23.5 Å². The van der Waals surface area contributed by atoms with Crippen molar-refractivity contribution in [3.05, 3.63) is 33.1 Å². The van der Waals surface area contributed by atoms with Crippen molar-refractivity contribution in [2.45, 2.75) is 26.3 Å². The fourth-order valence-electron chi connectivity index (χ4n) is 1.88. The summed E-state index contributed by atoms with van der Waals surface area (Å²) in [6.45, 7) is 2.11. The topological polar surface area (TPSA) is 77.5 Å². The zero-order valence-electron chi connectivity index (χ0n) is 11.4. The number of fused-ring (bicyclic) bond motifs is 1. The molecule has 0 aliphatic heterocycles. The minimum atomic E-state index is -0.462.